The van der Waals surface area contributed by atoms with E-state index in [4.69, 9.17) is 9.47 Å². The van der Waals surface area contributed by atoms with Crippen LogP contribution in [0.1, 0.15) is 11.3 Å². The summed E-state index contributed by atoms with van der Waals surface area (Å²) in [6.45, 7) is 0.733. The Hall–Kier alpha value is -4.42. The zero-order valence-electron chi connectivity index (χ0n) is 18.6. The van der Waals surface area contributed by atoms with Gasteiger partial charge in [-0.15, -0.1) is 0 Å². The number of nitriles is 1. The highest BCUT2D eigenvalue weighted by Crippen LogP contribution is 2.25. The van der Waals surface area contributed by atoms with Gasteiger partial charge in [0.05, 0.1) is 24.5 Å². The van der Waals surface area contributed by atoms with Crippen LogP contribution in [0.15, 0.2) is 66.9 Å². The van der Waals surface area contributed by atoms with Crippen molar-refractivity contribution in [2.75, 3.05) is 25.6 Å². The van der Waals surface area contributed by atoms with Gasteiger partial charge in [0.2, 0.25) is 0 Å². The highest BCUT2D eigenvalue weighted by Gasteiger charge is 2.16. The zero-order valence-corrected chi connectivity index (χ0v) is 18.6. The molecular formula is C25H24N6O3. The number of amides is 1. The van der Waals surface area contributed by atoms with Crippen LogP contribution < -0.4 is 10.6 Å². The summed E-state index contributed by atoms with van der Waals surface area (Å²) in [5, 5.41) is 16.5. The fourth-order valence-electron chi connectivity index (χ4n) is 3.47. The minimum atomic E-state index is -0.531. The summed E-state index contributed by atoms with van der Waals surface area (Å²) in [6, 6.07) is 21.0. The number of H-pyrrole nitrogens is 1. The molecule has 0 aliphatic heterocycles. The molecule has 0 unspecified atom stereocenters. The van der Waals surface area contributed by atoms with Crippen LogP contribution in [0.4, 0.5) is 10.6 Å². The molecule has 34 heavy (non-hydrogen) atoms. The number of nitrogens with one attached hydrogen (secondary N) is 3. The Kier molecular flexibility index (Phi) is 7.32. The van der Waals surface area contributed by atoms with Crippen LogP contribution in [0.3, 0.4) is 0 Å². The van der Waals surface area contributed by atoms with E-state index in [1.807, 2.05) is 60.7 Å². The molecule has 4 aromatic rings. The first-order valence-electron chi connectivity index (χ1n) is 10.7. The molecular weight excluding hydrogens is 432 g/mol. The van der Waals surface area contributed by atoms with E-state index in [-0.39, 0.29) is 24.9 Å². The molecule has 2 heterocycles. The topological polar surface area (TPSA) is 125 Å². The molecule has 0 saturated heterocycles. The lowest BCUT2D eigenvalue weighted by Crippen LogP contribution is -2.39. The van der Waals surface area contributed by atoms with Crippen molar-refractivity contribution >= 4 is 22.8 Å². The smallest absolute Gasteiger partial charge is 0.407 e. The number of hydrogen-bond donors (Lipinski definition) is 3. The Morgan fingerprint density at radius 2 is 1.97 bits per heavy atom. The van der Waals surface area contributed by atoms with Gasteiger partial charge < -0.3 is 25.1 Å². The largest absolute Gasteiger partial charge is 0.445 e. The van der Waals surface area contributed by atoms with Gasteiger partial charge in [-0.2, -0.15) is 5.26 Å². The van der Waals surface area contributed by atoms with Crippen molar-refractivity contribution in [1.82, 2.24) is 20.3 Å². The van der Waals surface area contributed by atoms with Gasteiger partial charge in [-0.05, 0) is 17.7 Å². The van der Waals surface area contributed by atoms with E-state index < -0.39 is 6.09 Å². The number of carbonyl (C=O) groups excluding carboxylic acids is 1. The second kappa shape index (κ2) is 10.9. The normalized spacial score (nSPS) is 11.5. The Balaban J connectivity index is 1.43. The van der Waals surface area contributed by atoms with Crippen molar-refractivity contribution in [3.8, 4) is 17.5 Å². The minimum Gasteiger partial charge on any atom is -0.445 e. The van der Waals surface area contributed by atoms with Crippen molar-refractivity contribution in [3.63, 3.8) is 0 Å². The minimum absolute atomic E-state index is 0.185. The standard InChI is InChI=1S/C25H24N6O3/c1-33-16-19(13-28-25(32)34-15-17-7-3-2-4-8-17)29-23-14-27-22(12-26)24(31-23)21-11-18-9-5-6-10-20(18)30-21/h2-11,14,19,30H,13,15-16H2,1H3,(H,28,32)(H,29,31)/t19-/m1/s1. The summed E-state index contributed by atoms with van der Waals surface area (Å²) in [5.74, 6) is 0.453. The van der Waals surface area contributed by atoms with Crippen molar-refractivity contribution in [2.24, 2.45) is 0 Å². The Bertz CT molecular complexity index is 1270. The average molecular weight is 457 g/mol. The maximum atomic E-state index is 12.1. The SMILES string of the molecule is COC[C@@H](CNC(=O)OCc1ccccc1)Nc1cnc(C#N)c(-c2cc3ccccc3[nH]2)n1. The second-order valence-corrected chi connectivity index (χ2v) is 7.57. The van der Waals surface area contributed by atoms with Crippen LogP contribution in [0.2, 0.25) is 0 Å². The molecule has 172 valence electrons. The highest BCUT2D eigenvalue weighted by molar-refractivity contribution is 5.86. The van der Waals surface area contributed by atoms with Crippen LogP contribution in [0, 0.1) is 11.3 Å². The number of para-hydroxylation sites is 1. The first kappa shape index (κ1) is 22.8. The predicted molar refractivity (Wildman–Crippen MR) is 128 cm³/mol. The number of methoxy groups -OCH3 is 1. The van der Waals surface area contributed by atoms with Crippen LogP contribution in [-0.4, -0.2) is 47.3 Å². The van der Waals surface area contributed by atoms with E-state index in [0.717, 1.165) is 16.5 Å². The van der Waals surface area contributed by atoms with Gasteiger partial charge in [-0.25, -0.2) is 14.8 Å². The Labute approximate surface area is 196 Å². The van der Waals surface area contributed by atoms with Gasteiger partial charge in [0, 0.05) is 24.6 Å². The maximum absolute atomic E-state index is 12.1. The number of aromatic amines is 1. The van der Waals surface area contributed by atoms with Gasteiger partial charge in [0.1, 0.15) is 24.2 Å². The molecule has 0 radical (unpaired) electrons. The number of benzene rings is 2. The number of hydrogen-bond acceptors (Lipinski definition) is 7. The second-order valence-electron chi connectivity index (χ2n) is 7.57. The molecule has 3 N–H and O–H groups in total. The quantitative estimate of drug-likeness (QED) is 0.349. The number of alkyl carbamates (subject to hydrolysis) is 1. The molecule has 2 aromatic heterocycles. The fourth-order valence-corrected chi connectivity index (χ4v) is 3.47. The first-order valence-corrected chi connectivity index (χ1v) is 10.7. The molecule has 0 bridgehead atoms. The number of anilines is 1. The van der Waals surface area contributed by atoms with Crippen LogP contribution in [0.25, 0.3) is 22.3 Å². The van der Waals surface area contributed by atoms with Crippen LogP contribution >= 0.6 is 0 Å². The van der Waals surface area contributed by atoms with E-state index in [2.05, 4.69) is 31.7 Å². The molecule has 1 amide bonds. The Morgan fingerprint density at radius 1 is 1.18 bits per heavy atom. The first-order chi connectivity index (χ1) is 16.7. The molecule has 0 aliphatic carbocycles. The third-order valence-electron chi connectivity index (χ3n) is 5.09. The molecule has 0 aliphatic rings. The number of ether oxygens (including phenoxy) is 2. The summed E-state index contributed by atoms with van der Waals surface area (Å²) in [6.07, 6.45) is 0.956. The number of rotatable bonds is 9. The van der Waals surface area contributed by atoms with E-state index in [9.17, 15) is 10.1 Å². The Morgan fingerprint density at radius 3 is 2.74 bits per heavy atom. The molecule has 0 spiro atoms. The lowest BCUT2D eigenvalue weighted by atomic mass is 10.2. The molecule has 9 heteroatoms. The van der Waals surface area contributed by atoms with Crippen molar-refractivity contribution in [2.45, 2.75) is 12.6 Å². The monoisotopic (exact) mass is 456 g/mol. The molecule has 2 aromatic carbocycles. The number of fused-ring (bicyclic) bond motifs is 1. The number of carbonyl (C=O) groups is 1. The molecule has 4 rings (SSSR count). The summed E-state index contributed by atoms with van der Waals surface area (Å²) >= 11 is 0. The lowest BCUT2D eigenvalue weighted by Gasteiger charge is -2.19. The van der Waals surface area contributed by atoms with Gasteiger partial charge in [0.15, 0.2) is 5.69 Å². The van der Waals surface area contributed by atoms with E-state index in [1.54, 1.807) is 7.11 Å². The summed E-state index contributed by atoms with van der Waals surface area (Å²) < 4.78 is 10.5. The summed E-state index contributed by atoms with van der Waals surface area (Å²) in [4.78, 5) is 24.3. The average Bonchev–Trinajstić information content (AvgIpc) is 3.31. The summed E-state index contributed by atoms with van der Waals surface area (Å²) in [5.41, 5.74) is 3.19. The van der Waals surface area contributed by atoms with E-state index in [0.29, 0.717) is 23.8 Å². The fraction of sp³-hybridized carbons (Fsp3) is 0.200. The van der Waals surface area contributed by atoms with E-state index in [1.165, 1.54) is 6.20 Å². The van der Waals surface area contributed by atoms with Crippen LogP contribution in [0.5, 0.6) is 0 Å². The zero-order chi connectivity index (χ0) is 23.8. The van der Waals surface area contributed by atoms with Crippen molar-refractivity contribution in [3.05, 3.63) is 78.1 Å². The molecule has 9 nitrogen and oxygen atoms in total. The molecule has 0 saturated carbocycles. The summed E-state index contributed by atoms with van der Waals surface area (Å²) in [7, 11) is 1.57. The van der Waals surface area contributed by atoms with Crippen LogP contribution in [-0.2, 0) is 16.1 Å². The highest BCUT2D eigenvalue weighted by atomic mass is 16.5. The third-order valence-corrected chi connectivity index (χ3v) is 5.09. The van der Waals surface area contributed by atoms with Gasteiger partial charge >= 0.3 is 6.09 Å². The predicted octanol–water partition coefficient (Wildman–Crippen LogP) is 3.85. The van der Waals surface area contributed by atoms with Crippen molar-refractivity contribution < 1.29 is 14.3 Å². The number of nitrogens with zero attached hydrogens (tertiary/aromatic N) is 3. The lowest BCUT2D eigenvalue weighted by molar-refractivity contribution is 0.136. The van der Waals surface area contributed by atoms with Gasteiger partial charge in [0.25, 0.3) is 0 Å². The van der Waals surface area contributed by atoms with Gasteiger partial charge in [-0.1, -0.05) is 48.5 Å². The number of aromatic nitrogens is 3. The van der Waals surface area contributed by atoms with E-state index >= 15 is 0 Å². The molecule has 1 atom stereocenters. The maximum Gasteiger partial charge on any atom is 0.407 e. The third kappa shape index (κ3) is 5.68. The van der Waals surface area contributed by atoms with Crippen molar-refractivity contribution in [1.29, 1.82) is 5.26 Å². The van der Waals surface area contributed by atoms with Gasteiger partial charge in [-0.3, -0.25) is 0 Å². The molecule has 0 fully saturated rings.